The molecule has 0 heterocycles. The Morgan fingerprint density at radius 1 is 0.438 bits per heavy atom. The second-order valence-electron chi connectivity index (χ2n) is 7.14. The first-order chi connectivity index (χ1) is 14.3. The molecule has 6 rings (SSSR count). The van der Waals surface area contributed by atoms with E-state index in [1.54, 1.807) is 0 Å². The van der Waals surface area contributed by atoms with Gasteiger partial charge in [-0.2, -0.15) is 0 Å². The SMILES string of the molecule is C[Si]C.Cl.Cl.[Zr+2].c1ccc2c(c1)[cH-]c1ccccc12.c1ccc2c(c1)[cH-]c1ccccc12. The van der Waals surface area contributed by atoms with E-state index in [-0.39, 0.29) is 51.0 Å². The second kappa shape index (κ2) is 13.8. The van der Waals surface area contributed by atoms with E-state index in [4.69, 9.17) is 0 Å². The van der Waals surface area contributed by atoms with Crippen LogP contribution in [-0.2, 0) is 26.2 Å². The summed E-state index contributed by atoms with van der Waals surface area (Å²) in [4.78, 5) is 0. The van der Waals surface area contributed by atoms with E-state index in [2.05, 4.69) is 122 Å². The zero-order valence-electron chi connectivity index (χ0n) is 18.2. The van der Waals surface area contributed by atoms with Gasteiger partial charge in [-0.05, 0) is 0 Å². The Hall–Kier alpha value is -1.70. The van der Waals surface area contributed by atoms with Gasteiger partial charge in [0.2, 0.25) is 0 Å². The van der Waals surface area contributed by atoms with Crippen molar-refractivity contribution >= 4 is 77.4 Å². The summed E-state index contributed by atoms with van der Waals surface area (Å²) in [5.74, 6) is 0. The fourth-order valence-electron chi connectivity index (χ4n) is 3.81. The molecule has 0 saturated carbocycles. The first-order valence-corrected chi connectivity index (χ1v) is 12.0. The molecule has 0 fully saturated rings. The van der Waals surface area contributed by atoms with Crippen molar-refractivity contribution in [3.8, 4) is 0 Å². The summed E-state index contributed by atoms with van der Waals surface area (Å²) in [7, 11) is 1.08. The summed E-state index contributed by atoms with van der Waals surface area (Å²) in [6.07, 6.45) is 0. The minimum atomic E-state index is 0. The standard InChI is InChI=1S/2C13H9.C2H6Si.2ClH.Zr/c2*1-3-7-12-10(5-1)9-11-6-2-4-8-13(11)12;1-3-2;;;/h2*1-9H;1-2H3;2*1H;/q2*-1;;;;+2. The number of hydrogen-bond acceptors (Lipinski definition) is 0. The zero-order chi connectivity index (χ0) is 20.1. The molecule has 6 aromatic carbocycles. The third-order valence-electron chi connectivity index (χ3n) is 5.05. The summed E-state index contributed by atoms with van der Waals surface area (Å²) in [5.41, 5.74) is 0. The summed E-state index contributed by atoms with van der Waals surface area (Å²) in [5, 5.41) is 10.8. The molecule has 0 nitrogen and oxygen atoms in total. The van der Waals surface area contributed by atoms with Gasteiger partial charge < -0.3 is 0 Å². The Labute approximate surface area is 224 Å². The molecule has 0 bridgehead atoms. The summed E-state index contributed by atoms with van der Waals surface area (Å²) >= 11 is 0. The van der Waals surface area contributed by atoms with Crippen molar-refractivity contribution in [3.05, 3.63) is 109 Å². The molecule has 0 aliphatic heterocycles. The van der Waals surface area contributed by atoms with Crippen molar-refractivity contribution in [2.75, 3.05) is 0 Å². The summed E-state index contributed by atoms with van der Waals surface area (Å²) in [6, 6.07) is 38.5. The molecule has 0 unspecified atom stereocenters. The van der Waals surface area contributed by atoms with Crippen LogP contribution in [0, 0.1) is 0 Å². The molecule has 0 spiro atoms. The minimum Gasteiger partial charge on any atom is -0.147 e. The monoisotopic (exact) mass is 550 g/mol. The maximum atomic E-state index is 2.24. The van der Waals surface area contributed by atoms with Crippen molar-refractivity contribution < 1.29 is 26.2 Å². The van der Waals surface area contributed by atoms with Crippen LogP contribution in [0.25, 0.3) is 43.1 Å². The van der Waals surface area contributed by atoms with Crippen LogP contribution in [0.3, 0.4) is 0 Å². The van der Waals surface area contributed by atoms with E-state index in [0.29, 0.717) is 0 Å². The van der Waals surface area contributed by atoms with Gasteiger partial charge in [-0.15, -0.1) is 104 Å². The molecule has 0 aliphatic carbocycles. The number of rotatable bonds is 0. The molecule has 4 heteroatoms. The van der Waals surface area contributed by atoms with E-state index in [0.717, 1.165) is 9.52 Å². The molecular formula is C28H26Cl2SiZr. The minimum absolute atomic E-state index is 0. The van der Waals surface area contributed by atoms with Crippen LogP contribution in [0.15, 0.2) is 109 Å². The Morgan fingerprint density at radius 3 is 0.844 bits per heavy atom. The molecular weight excluding hydrogens is 527 g/mol. The second-order valence-corrected chi connectivity index (χ2v) is 8.14. The topological polar surface area (TPSA) is 0 Å². The van der Waals surface area contributed by atoms with Crippen LogP contribution < -0.4 is 0 Å². The van der Waals surface area contributed by atoms with Gasteiger partial charge in [0.15, 0.2) is 0 Å². The van der Waals surface area contributed by atoms with Gasteiger partial charge in [0.25, 0.3) is 0 Å². The smallest absolute Gasteiger partial charge is 0.147 e. The van der Waals surface area contributed by atoms with Crippen LogP contribution in [-0.4, -0.2) is 9.52 Å². The van der Waals surface area contributed by atoms with Crippen LogP contribution in [0.4, 0.5) is 0 Å². The van der Waals surface area contributed by atoms with Crippen molar-refractivity contribution in [1.29, 1.82) is 0 Å². The van der Waals surface area contributed by atoms with Crippen molar-refractivity contribution in [2.45, 2.75) is 13.1 Å². The van der Waals surface area contributed by atoms with Crippen LogP contribution in [0.1, 0.15) is 0 Å². The van der Waals surface area contributed by atoms with Gasteiger partial charge in [0, 0.05) is 9.52 Å². The van der Waals surface area contributed by atoms with E-state index in [9.17, 15) is 0 Å². The Morgan fingerprint density at radius 2 is 0.625 bits per heavy atom. The number of halogens is 2. The number of benzene rings is 4. The molecule has 160 valence electrons. The number of fused-ring (bicyclic) bond motifs is 6. The average molecular weight is 553 g/mol. The van der Waals surface area contributed by atoms with Crippen molar-refractivity contribution in [2.24, 2.45) is 0 Å². The Bertz CT molecular complexity index is 1160. The van der Waals surface area contributed by atoms with Gasteiger partial charge >= 0.3 is 26.2 Å². The predicted octanol–water partition coefficient (Wildman–Crippen LogP) is 9.05. The average Bonchev–Trinajstić information content (AvgIpc) is 3.33. The molecule has 0 saturated heterocycles. The van der Waals surface area contributed by atoms with E-state index < -0.39 is 0 Å². The molecule has 32 heavy (non-hydrogen) atoms. The van der Waals surface area contributed by atoms with Gasteiger partial charge in [0.05, 0.1) is 0 Å². The third kappa shape index (κ3) is 6.21. The van der Waals surface area contributed by atoms with Gasteiger partial charge in [-0.25, -0.2) is 0 Å². The normalized spacial score (nSPS) is 9.56. The third-order valence-corrected chi connectivity index (χ3v) is 5.05. The Balaban J connectivity index is 0.000000264. The zero-order valence-corrected chi connectivity index (χ0v) is 23.3. The summed E-state index contributed by atoms with van der Waals surface area (Å²) < 4.78 is 0. The molecule has 0 N–H and O–H groups in total. The molecule has 0 amide bonds. The van der Waals surface area contributed by atoms with E-state index in [1.807, 2.05) is 0 Å². The first kappa shape index (κ1) is 28.3. The van der Waals surface area contributed by atoms with Crippen LogP contribution in [0.2, 0.25) is 13.1 Å². The van der Waals surface area contributed by atoms with Gasteiger partial charge in [-0.1, -0.05) is 85.9 Å². The van der Waals surface area contributed by atoms with E-state index in [1.165, 1.54) is 43.1 Å². The van der Waals surface area contributed by atoms with Crippen molar-refractivity contribution in [1.82, 2.24) is 0 Å². The Kier molecular flexibility index (Phi) is 12.2. The van der Waals surface area contributed by atoms with Gasteiger partial charge in [-0.3, -0.25) is 0 Å². The fraction of sp³-hybridized carbons (Fsp3) is 0.0714. The maximum absolute atomic E-state index is 2.24. The van der Waals surface area contributed by atoms with Crippen LogP contribution in [0.5, 0.6) is 0 Å². The van der Waals surface area contributed by atoms with Crippen LogP contribution >= 0.6 is 24.8 Å². The van der Waals surface area contributed by atoms with Crippen molar-refractivity contribution in [3.63, 3.8) is 0 Å². The molecule has 6 aromatic rings. The molecule has 0 atom stereocenters. The van der Waals surface area contributed by atoms with E-state index >= 15 is 0 Å². The molecule has 2 radical (unpaired) electrons. The quantitative estimate of drug-likeness (QED) is 0.130. The molecule has 0 aromatic heterocycles. The summed E-state index contributed by atoms with van der Waals surface area (Å²) in [6.45, 7) is 4.31. The van der Waals surface area contributed by atoms with Gasteiger partial charge in [0.1, 0.15) is 0 Å². The molecule has 0 aliphatic rings. The fourth-order valence-corrected chi connectivity index (χ4v) is 3.81. The largest absolute Gasteiger partial charge is 2.00 e. The number of hydrogen-bond donors (Lipinski definition) is 0. The first-order valence-electron chi connectivity index (χ1n) is 9.96. The maximum Gasteiger partial charge on any atom is 2.00 e. The predicted molar refractivity (Wildman–Crippen MR) is 146 cm³/mol.